The van der Waals surface area contributed by atoms with Gasteiger partial charge in [-0.1, -0.05) is 5.16 Å². The highest BCUT2D eigenvalue weighted by Crippen LogP contribution is 1.90. The fourth-order valence-electron chi connectivity index (χ4n) is 0.430. The van der Waals surface area contributed by atoms with Crippen LogP contribution in [0.15, 0.2) is 9.67 Å². The zero-order chi connectivity index (χ0) is 10.3. The van der Waals surface area contributed by atoms with Crippen LogP contribution in [0.5, 0.6) is 0 Å². The number of nitrogens with two attached hydrogens (primary N) is 1. The maximum atomic E-state index is 11.5. The summed E-state index contributed by atoms with van der Waals surface area (Å²) in [4.78, 5) is 4.02. The normalized spacial score (nSPS) is 12.5. The Morgan fingerprint density at radius 2 is 2.31 bits per heavy atom. The third kappa shape index (κ3) is 3.70. The molecule has 0 spiro atoms. The van der Waals surface area contributed by atoms with Crippen LogP contribution in [0.3, 0.4) is 0 Å². The van der Waals surface area contributed by atoms with E-state index >= 15 is 0 Å². The second kappa shape index (κ2) is 6.18. The van der Waals surface area contributed by atoms with Gasteiger partial charge in [-0.25, -0.2) is 4.39 Å². The van der Waals surface area contributed by atoms with Gasteiger partial charge < -0.3 is 15.3 Å². The van der Waals surface area contributed by atoms with Gasteiger partial charge in [0, 0.05) is 11.8 Å². The molecule has 0 saturated carbocycles. The Bertz CT molecular complexity index is 243. The molecule has 0 rings (SSSR count). The van der Waals surface area contributed by atoms with Crippen LogP contribution in [0, 0.1) is 5.41 Å². The lowest BCUT2D eigenvalue weighted by Crippen LogP contribution is -2.31. The smallest absolute Gasteiger partial charge is 0.255 e. The first-order valence-corrected chi connectivity index (χ1v) is 3.34. The Labute approximate surface area is 78.8 Å². The average molecular weight is 211 g/mol. The average Bonchev–Trinajstić information content (AvgIpc) is 2.17. The number of nitrogens with zero attached hydrogens (tertiary/aromatic N) is 2. The summed E-state index contributed by atoms with van der Waals surface area (Å²) in [5, 5.41) is 10.3. The van der Waals surface area contributed by atoms with Crippen molar-refractivity contribution < 1.29 is 14.0 Å². The molecule has 0 aromatic carbocycles. The maximum absolute atomic E-state index is 11.5. The minimum atomic E-state index is -1.14. The molecular formula is C5H8ClFN4O2. The van der Waals surface area contributed by atoms with Crippen LogP contribution in [0.1, 0.15) is 0 Å². The molecule has 0 radical (unpaired) electrons. The number of nitrogens with one attached hydrogen (secondary N) is 1. The third-order valence-electron chi connectivity index (χ3n) is 0.958. The summed E-state index contributed by atoms with van der Waals surface area (Å²) < 4.78 is 19.0. The van der Waals surface area contributed by atoms with Crippen LogP contribution in [0.2, 0.25) is 0 Å². The topological polar surface area (TPSA) is 93.0 Å². The Morgan fingerprint density at radius 1 is 1.69 bits per heavy atom. The number of alkyl halides is 1. The van der Waals surface area contributed by atoms with Crippen molar-refractivity contribution >= 4 is 29.2 Å². The lowest BCUT2D eigenvalue weighted by molar-refractivity contribution is 0.0641. The Morgan fingerprint density at radius 3 is 2.69 bits per heavy atom. The van der Waals surface area contributed by atoms with Crippen molar-refractivity contribution in [3.63, 3.8) is 0 Å². The summed E-state index contributed by atoms with van der Waals surface area (Å²) in [6.07, 6.45) is 0. The first kappa shape index (κ1) is 11.6. The van der Waals surface area contributed by atoms with E-state index < -0.39 is 12.8 Å². The number of ether oxygens (including phenoxy) is 1. The summed E-state index contributed by atoms with van der Waals surface area (Å²) in [5.74, 6) is -0.711. The Hall–Kier alpha value is -1.37. The van der Waals surface area contributed by atoms with Gasteiger partial charge in [0.1, 0.15) is 0 Å². The van der Waals surface area contributed by atoms with Crippen molar-refractivity contribution in [3.05, 3.63) is 0 Å². The number of methoxy groups -OCH3 is 1. The molecule has 0 bridgehead atoms. The lowest BCUT2D eigenvalue weighted by atomic mass is 10.3. The molecule has 74 valence electrons. The number of amidine groups is 1. The predicted molar refractivity (Wildman–Crippen MR) is 46.7 cm³/mol. The molecule has 0 atom stereocenters. The third-order valence-corrected chi connectivity index (χ3v) is 1.14. The minimum Gasteiger partial charge on any atom is -0.480 e. The fourth-order valence-corrected chi connectivity index (χ4v) is 0.510. The molecule has 0 amide bonds. The molecule has 0 aliphatic rings. The van der Waals surface area contributed by atoms with E-state index in [0.717, 1.165) is 0 Å². The van der Waals surface area contributed by atoms with Crippen LogP contribution in [0.4, 0.5) is 4.39 Å². The molecule has 0 unspecified atom stereocenters. The zero-order valence-corrected chi connectivity index (χ0v) is 7.51. The van der Waals surface area contributed by atoms with Gasteiger partial charge >= 0.3 is 0 Å². The molecule has 3 N–H and O–H groups in total. The number of rotatable bonds is 4. The fraction of sp³-hybridized carbons (Fsp3) is 0.400. The quantitative estimate of drug-likeness (QED) is 0.400. The highest BCUT2D eigenvalue weighted by atomic mass is 35.5. The first-order chi connectivity index (χ1) is 6.17. The molecule has 0 saturated heterocycles. The summed E-state index contributed by atoms with van der Waals surface area (Å²) in [6.45, 7) is -1.14. The van der Waals surface area contributed by atoms with Crippen LogP contribution in [-0.4, -0.2) is 31.4 Å². The highest BCUT2D eigenvalue weighted by Gasteiger charge is 2.13. The molecule has 6 nitrogen and oxygen atoms in total. The molecule has 0 aliphatic carbocycles. The predicted octanol–water partition coefficient (Wildman–Crippen LogP) is 0.421. The maximum Gasteiger partial charge on any atom is 0.255 e. The number of oxime groups is 1. The van der Waals surface area contributed by atoms with Gasteiger partial charge in [0.2, 0.25) is 11.6 Å². The first-order valence-electron chi connectivity index (χ1n) is 3.01. The van der Waals surface area contributed by atoms with Gasteiger partial charge in [-0.05, 0) is 0 Å². The van der Waals surface area contributed by atoms with E-state index in [4.69, 9.17) is 22.9 Å². The zero-order valence-electron chi connectivity index (χ0n) is 6.75. The van der Waals surface area contributed by atoms with Crippen LogP contribution in [-0.2, 0) is 9.57 Å². The van der Waals surface area contributed by atoms with E-state index in [2.05, 4.69) is 19.2 Å². The monoisotopic (exact) mass is 210 g/mol. The summed E-state index contributed by atoms with van der Waals surface area (Å²) in [6, 6.07) is 0. The lowest BCUT2D eigenvalue weighted by Gasteiger charge is -2.03. The van der Waals surface area contributed by atoms with Gasteiger partial charge in [-0.2, -0.15) is 4.51 Å². The molecule has 0 aromatic rings. The van der Waals surface area contributed by atoms with Crippen LogP contribution in [0.25, 0.3) is 0 Å². The van der Waals surface area contributed by atoms with Gasteiger partial charge in [-0.3, -0.25) is 5.41 Å². The molecular weight excluding hydrogens is 203 g/mol. The molecule has 0 aromatic heterocycles. The molecule has 0 fully saturated rings. The summed E-state index contributed by atoms with van der Waals surface area (Å²) in [5.41, 5.74) is 4.93. The number of halogens is 2. The Kier molecular flexibility index (Phi) is 5.53. The van der Waals surface area contributed by atoms with Crippen LogP contribution < -0.4 is 5.73 Å². The largest absolute Gasteiger partial charge is 0.480 e. The summed E-state index contributed by atoms with van der Waals surface area (Å²) >= 11 is 5.01. The van der Waals surface area contributed by atoms with Gasteiger partial charge in [-0.15, -0.1) is 0 Å². The van der Waals surface area contributed by atoms with Crippen LogP contribution >= 0.6 is 11.8 Å². The van der Waals surface area contributed by atoms with E-state index in [9.17, 15) is 4.39 Å². The molecule has 13 heavy (non-hydrogen) atoms. The highest BCUT2D eigenvalue weighted by molar-refractivity contribution is 6.66. The summed E-state index contributed by atoms with van der Waals surface area (Å²) in [7, 11) is 1.22. The van der Waals surface area contributed by atoms with E-state index in [-0.39, 0.29) is 11.5 Å². The Balaban J connectivity index is 4.65. The SMILES string of the molecule is COC(=N)C(=N/OCF)/C(N)=N/Cl. The molecule has 0 heterocycles. The van der Waals surface area contributed by atoms with Crippen molar-refractivity contribution in [1.82, 2.24) is 0 Å². The van der Waals surface area contributed by atoms with E-state index in [0.29, 0.717) is 0 Å². The van der Waals surface area contributed by atoms with Crippen molar-refractivity contribution in [2.45, 2.75) is 0 Å². The second-order valence-electron chi connectivity index (χ2n) is 1.68. The van der Waals surface area contributed by atoms with Gasteiger partial charge in [0.15, 0.2) is 5.84 Å². The van der Waals surface area contributed by atoms with Crippen molar-refractivity contribution in [2.24, 2.45) is 15.4 Å². The standard InChI is InChI=1S/C5H8ClFN4O2/c1-12-5(9)3(4(8)10-6)11-13-2-7/h9H,2H2,1H3,(H2,8,10)/b9-5?,11-3+. The van der Waals surface area contributed by atoms with Gasteiger partial charge in [0.25, 0.3) is 6.86 Å². The van der Waals surface area contributed by atoms with E-state index in [1.54, 1.807) is 0 Å². The van der Waals surface area contributed by atoms with Crippen molar-refractivity contribution in [1.29, 1.82) is 5.41 Å². The van der Waals surface area contributed by atoms with Crippen molar-refractivity contribution in [2.75, 3.05) is 14.0 Å². The molecule has 8 heteroatoms. The molecule has 0 aliphatic heterocycles. The minimum absolute atomic E-state index is 0.268. The number of hydrogen-bond donors (Lipinski definition) is 2. The second-order valence-corrected chi connectivity index (χ2v) is 1.85. The van der Waals surface area contributed by atoms with Crippen molar-refractivity contribution in [3.8, 4) is 0 Å². The van der Waals surface area contributed by atoms with Gasteiger partial charge in [0.05, 0.1) is 7.11 Å². The van der Waals surface area contributed by atoms with E-state index in [1.807, 2.05) is 0 Å². The van der Waals surface area contributed by atoms with E-state index in [1.165, 1.54) is 7.11 Å². The number of hydrogen-bond acceptors (Lipinski definition) is 5.